The number of rotatable bonds is 8. The molecule has 8 nitrogen and oxygen atoms in total. The zero-order valence-corrected chi connectivity index (χ0v) is 28.8. The molecule has 8 rings (SSSR count). The quantitative estimate of drug-likeness (QED) is 0.166. The number of esters is 1. The lowest BCUT2D eigenvalue weighted by atomic mass is 9.99. The van der Waals surface area contributed by atoms with Gasteiger partial charge in [0.25, 0.3) is 0 Å². The minimum absolute atomic E-state index is 0.303. The topological polar surface area (TPSA) is 99.2 Å². The van der Waals surface area contributed by atoms with Crippen LogP contribution in [0.2, 0.25) is 0 Å². The molecule has 250 valence electrons. The fourth-order valence-corrected chi connectivity index (χ4v) is 7.16. The molecule has 0 saturated heterocycles. The first-order valence-corrected chi connectivity index (χ1v) is 17.0. The van der Waals surface area contributed by atoms with Crippen LogP contribution in [0.25, 0.3) is 21.8 Å². The average molecular weight is 655 g/mol. The highest BCUT2D eigenvalue weighted by Gasteiger charge is 2.27. The molecule has 4 aromatic heterocycles. The number of methoxy groups -OCH3 is 1. The number of carboxylic acid groups (broad SMARTS) is 1. The Balaban J connectivity index is 0.000000154. The number of hydrogen-bond acceptors (Lipinski definition) is 5. The maximum absolute atomic E-state index is 12.2. The third kappa shape index (κ3) is 6.73. The number of nitrogens with zero attached hydrogens (tertiary/aromatic N) is 4. The molecule has 6 aromatic rings. The summed E-state index contributed by atoms with van der Waals surface area (Å²) in [4.78, 5) is 33.0. The molecule has 0 unspecified atom stereocenters. The summed E-state index contributed by atoms with van der Waals surface area (Å²) in [5, 5.41) is 12.0. The number of carboxylic acids is 1. The van der Waals surface area contributed by atoms with Crippen molar-refractivity contribution < 1.29 is 19.4 Å². The van der Waals surface area contributed by atoms with Crippen molar-refractivity contribution in [2.45, 2.75) is 64.2 Å². The van der Waals surface area contributed by atoms with Gasteiger partial charge in [0.1, 0.15) is 0 Å². The fourth-order valence-electron chi connectivity index (χ4n) is 7.16. The zero-order valence-electron chi connectivity index (χ0n) is 28.8. The van der Waals surface area contributed by atoms with Gasteiger partial charge in [-0.25, -0.2) is 9.59 Å². The minimum Gasteiger partial charge on any atom is -0.478 e. The number of ether oxygens (including phenoxy) is 1. The van der Waals surface area contributed by atoms with Crippen molar-refractivity contribution in [2.75, 3.05) is 7.11 Å². The molecule has 2 fully saturated rings. The van der Waals surface area contributed by atoms with E-state index in [-0.39, 0.29) is 5.97 Å². The fraction of sp³-hybridized carbons (Fsp3) is 0.317. The van der Waals surface area contributed by atoms with E-state index in [0.717, 1.165) is 40.8 Å². The van der Waals surface area contributed by atoms with Crippen LogP contribution in [0.5, 0.6) is 0 Å². The second-order valence-electron chi connectivity index (χ2n) is 13.8. The van der Waals surface area contributed by atoms with Crippen LogP contribution in [0.4, 0.5) is 0 Å². The molecular formula is C41H42N4O4. The SMILES string of the molecule is COC(=O)c1cc(C2CC2)cnc1Cc1cc(C)c2c(ccn2C)c1.Cc1cc(Cc2ncc(C3CC3)cc2C(=O)O)cc2ccn(C)c12. The predicted molar refractivity (Wildman–Crippen MR) is 192 cm³/mol. The van der Waals surface area contributed by atoms with Crippen LogP contribution in [0.1, 0.15) is 103 Å². The third-order valence-corrected chi connectivity index (χ3v) is 9.90. The van der Waals surface area contributed by atoms with E-state index in [1.807, 2.05) is 37.8 Å². The summed E-state index contributed by atoms with van der Waals surface area (Å²) in [7, 11) is 5.52. The Bertz CT molecular complexity index is 2240. The van der Waals surface area contributed by atoms with E-state index < -0.39 is 5.97 Å². The second kappa shape index (κ2) is 13.0. The number of aromatic carboxylic acids is 1. The largest absolute Gasteiger partial charge is 0.478 e. The minimum atomic E-state index is -0.891. The highest BCUT2D eigenvalue weighted by atomic mass is 16.5. The number of carbonyl (C=O) groups excluding carboxylic acids is 1. The number of aryl methyl sites for hydroxylation is 4. The molecule has 2 aromatic carbocycles. The van der Waals surface area contributed by atoms with E-state index in [9.17, 15) is 14.7 Å². The molecule has 0 radical (unpaired) electrons. The van der Waals surface area contributed by atoms with Gasteiger partial charge in [-0.05, 0) is 121 Å². The predicted octanol–water partition coefficient (Wildman–Crippen LogP) is 8.18. The average Bonchev–Trinajstić information content (AvgIpc) is 4.02. The maximum Gasteiger partial charge on any atom is 0.339 e. The molecule has 0 bridgehead atoms. The van der Waals surface area contributed by atoms with Crippen LogP contribution in [-0.4, -0.2) is 43.3 Å². The summed E-state index contributed by atoms with van der Waals surface area (Å²) in [5.41, 5.74) is 11.7. The van der Waals surface area contributed by atoms with Gasteiger partial charge in [0.15, 0.2) is 0 Å². The molecule has 8 heteroatoms. The van der Waals surface area contributed by atoms with E-state index in [4.69, 9.17) is 4.74 Å². The van der Waals surface area contributed by atoms with Crippen molar-refractivity contribution in [3.05, 3.63) is 129 Å². The monoisotopic (exact) mass is 654 g/mol. The van der Waals surface area contributed by atoms with Crippen molar-refractivity contribution in [3.8, 4) is 0 Å². The van der Waals surface area contributed by atoms with Gasteiger partial charge in [-0.1, -0.05) is 12.1 Å². The van der Waals surface area contributed by atoms with E-state index in [1.54, 1.807) is 0 Å². The normalized spacial score (nSPS) is 14.1. The Labute approximate surface area is 286 Å². The Kier molecular flexibility index (Phi) is 8.57. The van der Waals surface area contributed by atoms with Gasteiger partial charge < -0.3 is 19.0 Å². The van der Waals surface area contributed by atoms with Crippen LogP contribution in [0, 0.1) is 13.8 Å². The molecule has 0 atom stereocenters. The van der Waals surface area contributed by atoms with Gasteiger partial charge >= 0.3 is 11.9 Å². The molecule has 1 N–H and O–H groups in total. The van der Waals surface area contributed by atoms with E-state index in [2.05, 4.69) is 82.6 Å². The van der Waals surface area contributed by atoms with Gasteiger partial charge in [0.05, 0.1) is 40.7 Å². The first-order valence-electron chi connectivity index (χ1n) is 17.0. The van der Waals surface area contributed by atoms with Crippen molar-refractivity contribution in [1.82, 2.24) is 19.1 Å². The number of pyridine rings is 2. The number of fused-ring (bicyclic) bond motifs is 2. The summed E-state index contributed by atoms with van der Waals surface area (Å²) in [6.45, 7) is 4.21. The number of hydrogen-bond donors (Lipinski definition) is 1. The second-order valence-corrected chi connectivity index (χ2v) is 13.8. The lowest BCUT2D eigenvalue weighted by Gasteiger charge is -2.11. The van der Waals surface area contributed by atoms with Crippen molar-refractivity contribution >= 4 is 33.7 Å². The molecule has 0 aliphatic heterocycles. The van der Waals surface area contributed by atoms with Crippen LogP contribution in [0.15, 0.2) is 73.3 Å². The number of carbonyl (C=O) groups is 2. The van der Waals surface area contributed by atoms with E-state index in [1.165, 1.54) is 52.9 Å². The summed E-state index contributed by atoms with van der Waals surface area (Å²) < 4.78 is 9.23. The van der Waals surface area contributed by atoms with Gasteiger partial charge in [0, 0.05) is 62.5 Å². The first-order chi connectivity index (χ1) is 23.6. The van der Waals surface area contributed by atoms with E-state index >= 15 is 0 Å². The lowest BCUT2D eigenvalue weighted by Crippen LogP contribution is -2.09. The van der Waals surface area contributed by atoms with Gasteiger partial charge in [-0.2, -0.15) is 0 Å². The standard InChI is InChI=1S/C21H22N2O2.C20H20N2O2/c1-13-8-14(9-16-6-7-23(2)20(13)16)10-19-18(21(24)25-3)11-17(12-22-19)15-4-5-15;1-12-7-13(8-15-5-6-22(2)19(12)15)9-18-17(20(23)24)10-16(11-21-18)14-3-4-14/h6-9,11-12,15H,4-5,10H2,1-3H3;5-8,10-11,14H,3-4,9H2,1-2H3,(H,23,24). The van der Waals surface area contributed by atoms with Crippen molar-refractivity contribution in [1.29, 1.82) is 0 Å². The van der Waals surface area contributed by atoms with Crippen LogP contribution < -0.4 is 0 Å². The van der Waals surface area contributed by atoms with Gasteiger partial charge in [-0.3, -0.25) is 9.97 Å². The van der Waals surface area contributed by atoms with Crippen LogP contribution >= 0.6 is 0 Å². The Morgan fingerprint density at radius 3 is 1.61 bits per heavy atom. The molecule has 49 heavy (non-hydrogen) atoms. The number of benzene rings is 2. The molecule has 2 aliphatic carbocycles. The molecule has 0 amide bonds. The Hall–Kier alpha value is -5.24. The molecule has 4 heterocycles. The summed E-state index contributed by atoms with van der Waals surface area (Å²) in [6, 6.07) is 16.6. The summed E-state index contributed by atoms with van der Waals surface area (Å²) in [5.74, 6) is -0.125. The van der Waals surface area contributed by atoms with Gasteiger partial charge in [-0.15, -0.1) is 0 Å². The van der Waals surface area contributed by atoms with Crippen LogP contribution in [0.3, 0.4) is 0 Å². The summed E-state index contributed by atoms with van der Waals surface area (Å²) in [6.07, 6.45) is 13.7. The van der Waals surface area contributed by atoms with Gasteiger partial charge in [0.2, 0.25) is 0 Å². The molecule has 2 saturated carbocycles. The Morgan fingerprint density at radius 1 is 0.735 bits per heavy atom. The smallest absolute Gasteiger partial charge is 0.339 e. The molecule has 0 spiro atoms. The number of aromatic nitrogens is 4. The van der Waals surface area contributed by atoms with Crippen LogP contribution in [-0.2, 0) is 31.7 Å². The van der Waals surface area contributed by atoms with Crippen molar-refractivity contribution in [2.24, 2.45) is 14.1 Å². The zero-order chi connectivity index (χ0) is 34.4. The summed E-state index contributed by atoms with van der Waals surface area (Å²) >= 11 is 0. The maximum atomic E-state index is 12.2. The molecular weight excluding hydrogens is 612 g/mol. The Morgan fingerprint density at radius 2 is 1.18 bits per heavy atom. The van der Waals surface area contributed by atoms with Crippen molar-refractivity contribution in [3.63, 3.8) is 0 Å². The first kappa shape index (κ1) is 32.3. The highest BCUT2D eigenvalue weighted by Crippen LogP contribution is 2.41. The third-order valence-electron chi connectivity index (χ3n) is 9.90. The van der Waals surface area contributed by atoms with E-state index in [0.29, 0.717) is 41.5 Å². The lowest BCUT2D eigenvalue weighted by molar-refractivity contribution is 0.0598. The highest BCUT2D eigenvalue weighted by molar-refractivity contribution is 5.91. The molecule has 2 aliphatic rings.